The molecule has 0 spiro atoms. The summed E-state index contributed by atoms with van der Waals surface area (Å²) in [5.74, 6) is -0.464. The molecule has 3 aromatic rings. The number of ether oxygens (including phenoxy) is 1. The van der Waals surface area contributed by atoms with Gasteiger partial charge in [0.2, 0.25) is 0 Å². The highest BCUT2D eigenvalue weighted by Crippen LogP contribution is 2.40. The minimum absolute atomic E-state index is 0.134. The van der Waals surface area contributed by atoms with E-state index in [0.29, 0.717) is 17.2 Å². The fourth-order valence-electron chi connectivity index (χ4n) is 4.84. The number of anilines is 1. The van der Waals surface area contributed by atoms with Gasteiger partial charge in [-0.1, -0.05) is 6.92 Å². The number of esters is 1. The van der Waals surface area contributed by atoms with Gasteiger partial charge in [-0.05, 0) is 68.8 Å². The molecule has 2 aliphatic rings. The van der Waals surface area contributed by atoms with Gasteiger partial charge in [0.15, 0.2) is 0 Å². The maximum atomic E-state index is 13.8. The molecule has 174 valence electrons. The Bertz CT molecular complexity index is 1180. The lowest BCUT2D eigenvalue weighted by Crippen LogP contribution is -2.30. The van der Waals surface area contributed by atoms with Crippen LogP contribution in [-0.4, -0.2) is 41.0 Å². The van der Waals surface area contributed by atoms with Gasteiger partial charge >= 0.3 is 5.97 Å². The predicted octanol–water partition coefficient (Wildman–Crippen LogP) is 5.29. The number of aryl methyl sites for hydroxylation is 1. The molecule has 8 heteroatoms. The fraction of sp³-hybridized carbons (Fsp3) is 0.440. The van der Waals surface area contributed by atoms with Crippen LogP contribution >= 0.6 is 22.7 Å². The van der Waals surface area contributed by atoms with Crippen molar-refractivity contribution in [2.75, 3.05) is 25.0 Å². The molecule has 0 aromatic carbocycles. The fourth-order valence-corrected chi connectivity index (χ4v) is 7.46. The standard InChI is InChI=1S/C25H29N3O3S2/c1-3-27-14-11-17-19(15-27)33-24(28-12-7-8-13-28)20(17)22(29)26-23-21(25(30)31-4-2)16-9-5-6-10-18(16)32-23/h7-8,12-13H,3-6,9-11,14-15H2,1-2H3,(H,26,29). The Kier molecular flexibility index (Phi) is 6.40. The van der Waals surface area contributed by atoms with Crippen LogP contribution in [0, 0.1) is 0 Å². The molecule has 6 nitrogen and oxygen atoms in total. The highest BCUT2D eigenvalue weighted by Gasteiger charge is 2.31. The van der Waals surface area contributed by atoms with E-state index in [9.17, 15) is 9.59 Å². The Balaban J connectivity index is 1.54. The molecule has 0 fully saturated rings. The summed E-state index contributed by atoms with van der Waals surface area (Å²) in [6.07, 6.45) is 8.83. The monoisotopic (exact) mass is 483 g/mol. The smallest absolute Gasteiger partial charge is 0.341 e. The van der Waals surface area contributed by atoms with E-state index < -0.39 is 0 Å². The first-order valence-corrected chi connectivity index (χ1v) is 13.4. The van der Waals surface area contributed by atoms with Crippen LogP contribution in [0.15, 0.2) is 24.5 Å². The van der Waals surface area contributed by atoms with E-state index in [2.05, 4.69) is 17.1 Å². The number of carbonyl (C=O) groups is 2. The molecular formula is C25H29N3O3S2. The van der Waals surface area contributed by atoms with E-state index in [1.807, 2.05) is 36.0 Å². The number of fused-ring (bicyclic) bond motifs is 2. The van der Waals surface area contributed by atoms with Crippen molar-refractivity contribution in [1.82, 2.24) is 9.47 Å². The minimum Gasteiger partial charge on any atom is -0.462 e. The quantitative estimate of drug-likeness (QED) is 0.484. The van der Waals surface area contributed by atoms with Gasteiger partial charge < -0.3 is 14.6 Å². The number of carbonyl (C=O) groups excluding carboxylic acids is 2. The van der Waals surface area contributed by atoms with Crippen LogP contribution in [0.25, 0.3) is 5.00 Å². The molecule has 3 aromatic heterocycles. The van der Waals surface area contributed by atoms with Crippen molar-refractivity contribution in [3.8, 4) is 5.00 Å². The molecule has 1 amide bonds. The molecule has 0 unspecified atom stereocenters. The van der Waals surface area contributed by atoms with Crippen molar-refractivity contribution >= 4 is 39.6 Å². The van der Waals surface area contributed by atoms with E-state index in [1.165, 1.54) is 9.75 Å². The van der Waals surface area contributed by atoms with Gasteiger partial charge in [0, 0.05) is 35.2 Å². The highest BCUT2D eigenvalue weighted by molar-refractivity contribution is 7.17. The summed E-state index contributed by atoms with van der Waals surface area (Å²) in [5, 5.41) is 4.72. The number of rotatable bonds is 6. The number of hydrogen-bond donors (Lipinski definition) is 1. The maximum Gasteiger partial charge on any atom is 0.341 e. The largest absolute Gasteiger partial charge is 0.462 e. The Morgan fingerprint density at radius 3 is 2.52 bits per heavy atom. The summed E-state index contributed by atoms with van der Waals surface area (Å²) in [4.78, 5) is 31.5. The van der Waals surface area contributed by atoms with E-state index in [-0.39, 0.29) is 11.9 Å². The summed E-state index contributed by atoms with van der Waals surface area (Å²) < 4.78 is 7.40. The SMILES string of the molecule is CCOC(=O)c1c(NC(=O)c2c(-n3cccc3)sc3c2CCN(CC)C3)sc2c1CCCC2. The van der Waals surface area contributed by atoms with Gasteiger partial charge in [-0.3, -0.25) is 9.69 Å². The summed E-state index contributed by atoms with van der Waals surface area (Å²) in [6.45, 7) is 7.14. The first-order chi connectivity index (χ1) is 16.1. The van der Waals surface area contributed by atoms with Crippen LogP contribution < -0.4 is 5.32 Å². The number of likely N-dealkylation sites (N-methyl/N-ethyl adjacent to an activating group) is 1. The molecule has 0 atom stereocenters. The zero-order chi connectivity index (χ0) is 22.9. The van der Waals surface area contributed by atoms with Gasteiger partial charge in [0.1, 0.15) is 10.0 Å². The van der Waals surface area contributed by atoms with Crippen molar-refractivity contribution in [1.29, 1.82) is 0 Å². The number of hydrogen-bond acceptors (Lipinski definition) is 6. The van der Waals surface area contributed by atoms with Crippen LogP contribution in [0.4, 0.5) is 5.00 Å². The van der Waals surface area contributed by atoms with Gasteiger partial charge in [-0.2, -0.15) is 0 Å². The first kappa shape index (κ1) is 22.4. The summed E-state index contributed by atoms with van der Waals surface area (Å²) >= 11 is 3.24. The molecule has 0 bridgehead atoms. The number of nitrogens with zero attached hydrogens (tertiary/aromatic N) is 2. The zero-order valence-corrected chi connectivity index (χ0v) is 20.7. The molecule has 1 aliphatic heterocycles. The van der Waals surface area contributed by atoms with Crippen LogP contribution in [0.2, 0.25) is 0 Å². The third-order valence-corrected chi connectivity index (χ3v) is 8.95. The molecule has 4 heterocycles. The normalized spacial score (nSPS) is 15.7. The average molecular weight is 484 g/mol. The predicted molar refractivity (Wildman–Crippen MR) is 133 cm³/mol. The highest BCUT2D eigenvalue weighted by atomic mass is 32.1. The van der Waals surface area contributed by atoms with Crippen LogP contribution in [-0.2, 0) is 30.5 Å². The summed E-state index contributed by atoms with van der Waals surface area (Å²) in [7, 11) is 0. The number of nitrogens with one attached hydrogen (secondary N) is 1. The Hall–Kier alpha value is -2.42. The lowest BCUT2D eigenvalue weighted by molar-refractivity contribution is 0.0526. The Morgan fingerprint density at radius 2 is 1.76 bits per heavy atom. The Morgan fingerprint density at radius 1 is 1.00 bits per heavy atom. The van der Waals surface area contributed by atoms with Crippen molar-refractivity contribution < 1.29 is 14.3 Å². The molecule has 5 rings (SSSR count). The average Bonchev–Trinajstić information content (AvgIpc) is 3.54. The number of aromatic nitrogens is 1. The number of thiophene rings is 2. The molecule has 0 saturated heterocycles. The Labute approximate surface area is 202 Å². The van der Waals surface area contributed by atoms with E-state index in [1.54, 1.807) is 22.7 Å². The maximum absolute atomic E-state index is 13.8. The molecule has 1 aliphatic carbocycles. The van der Waals surface area contributed by atoms with E-state index >= 15 is 0 Å². The van der Waals surface area contributed by atoms with Crippen molar-refractivity contribution in [2.45, 2.75) is 52.5 Å². The minimum atomic E-state index is -0.330. The van der Waals surface area contributed by atoms with E-state index in [0.717, 1.165) is 73.4 Å². The molecule has 0 radical (unpaired) electrons. The topological polar surface area (TPSA) is 63.6 Å². The first-order valence-electron chi connectivity index (χ1n) is 11.7. The lowest BCUT2D eigenvalue weighted by atomic mass is 9.95. The van der Waals surface area contributed by atoms with Gasteiger partial charge in [-0.25, -0.2) is 4.79 Å². The van der Waals surface area contributed by atoms with Crippen LogP contribution in [0.1, 0.15) is 68.3 Å². The zero-order valence-electron chi connectivity index (χ0n) is 19.1. The second kappa shape index (κ2) is 9.44. The molecule has 1 N–H and O–H groups in total. The third-order valence-electron chi connectivity index (χ3n) is 6.51. The molecule has 33 heavy (non-hydrogen) atoms. The third kappa shape index (κ3) is 4.16. The molecular weight excluding hydrogens is 454 g/mol. The van der Waals surface area contributed by atoms with Crippen LogP contribution in [0.5, 0.6) is 0 Å². The van der Waals surface area contributed by atoms with Crippen molar-refractivity contribution in [3.63, 3.8) is 0 Å². The van der Waals surface area contributed by atoms with Crippen molar-refractivity contribution in [2.24, 2.45) is 0 Å². The lowest BCUT2D eigenvalue weighted by Gasteiger charge is -2.25. The van der Waals surface area contributed by atoms with Crippen LogP contribution in [0.3, 0.4) is 0 Å². The van der Waals surface area contributed by atoms with Gasteiger partial charge in [0.05, 0.1) is 17.7 Å². The summed E-state index contributed by atoms with van der Waals surface area (Å²) in [5.41, 5.74) is 3.51. The summed E-state index contributed by atoms with van der Waals surface area (Å²) in [6, 6.07) is 3.95. The second-order valence-electron chi connectivity index (χ2n) is 8.48. The van der Waals surface area contributed by atoms with E-state index in [4.69, 9.17) is 4.74 Å². The van der Waals surface area contributed by atoms with Crippen molar-refractivity contribution in [3.05, 3.63) is 56.5 Å². The number of amides is 1. The van der Waals surface area contributed by atoms with Gasteiger partial charge in [-0.15, -0.1) is 22.7 Å². The second-order valence-corrected chi connectivity index (χ2v) is 10.7. The molecule has 0 saturated carbocycles. The van der Waals surface area contributed by atoms with Gasteiger partial charge in [0.25, 0.3) is 5.91 Å².